The first-order valence-corrected chi connectivity index (χ1v) is 7.30. The summed E-state index contributed by atoms with van der Waals surface area (Å²) in [5, 5.41) is 9.02. The summed E-state index contributed by atoms with van der Waals surface area (Å²) in [4.78, 5) is 13.3. The molecule has 0 unspecified atom stereocenters. The number of nitrogen functional groups attached to an aromatic ring is 1. The van der Waals surface area contributed by atoms with Gasteiger partial charge in [0, 0.05) is 12.6 Å². The highest BCUT2D eigenvalue weighted by Crippen LogP contribution is 2.29. The van der Waals surface area contributed by atoms with Gasteiger partial charge in [0.25, 0.3) is 0 Å². The molecule has 0 radical (unpaired) electrons. The highest BCUT2D eigenvalue weighted by molar-refractivity contribution is 5.90. The molecule has 112 valence electrons. The van der Waals surface area contributed by atoms with Gasteiger partial charge in [0.2, 0.25) is 0 Å². The molecule has 0 aromatic heterocycles. The summed E-state index contributed by atoms with van der Waals surface area (Å²) < 4.78 is 0. The molecule has 0 bridgehead atoms. The predicted octanol–water partition coefficient (Wildman–Crippen LogP) is 3.62. The van der Waals surface area contributed by atoms with E-state index in [2.05, 4.69) is 32.6 Å². The normalized spacial score (nSPS) is 11.1. The molecule has 0 spiro atoms. The first-order valence-electron chi connectivity index (χ1n) is 7.30. The standard InChI is InChI=1S/C16H26N2O2/c1-5-13(6-2)18(10-11(3)4)15-8-7-12(16(19)20)9-14(15)17/h7-9,11,13H,5-6,10,17H2,1-4H3,(H,19,20). The Morgan fingerprint density at radius 2 is 1.90 bits per heavy atom. The maximum Gasteiger partial charge on any atom is 0.335 e. The molecule has 0 aliphatic carbocycles. The molecule has 0 saturated heterocycles. The summed E-state index contributed by atoms with van der Waals surface area (Å²) >= 11 is 0. The van der Waals surface area contributed by atoms with E-state index in [1.807, 2.05) is 6.07 Å². The van der Waals surface area contributed by atoms with E-state index in [1.54, 1.807) is 12.1 Å². The molecule has 1 aromatic carbocycles. The van der Waals surface area contributed by atoms with Gasteiger partial charge >= 0.3 is 5.97 Å². The summed E-state index contributed by atoms with van der Waals surface area (Å²) in [7, 11) is 0. The van der Waals surface area contributed by atoms with Crippen LogP contribution in [0.3, 0.4) is 0 Å². The molecular weight excluding hydrogens is 252 g/mol. The Hall–Kier alpha value is -1.71. The van der Waals surface area contributed by atoms with Crippen molar-refractivity contribution in [1.82, 2.24) is 0 Å². The van der Waals surface area contributed by atoms with E-state index in [0.29, 0.717) is 17.6 Å². The molecule has 4 nitrogen and oxygen atoms in total. The molecule has 0 amide bonds. The van der Waals surface area contributed by atoms with Crippen LogP contribution in [0.25, 0.3) is 0 Å². The van der Waals surface area contributed by atoms with Crippen molar-refractivity contribution in [3.63, 3.8) is 0 Å². The van der Waals surface area contributed by atoms with Crippen LogP contribution in [0.5, 0.6) is 0 Å². The fraction of sp³-hybridized carbons (Fsp3) is 0.562. The first kappa shape index (κ1) is 16.3. The van der Waals surface area contributed by atoms with Crippen LogP contribution < -0.4 is 10.6 Å². The third-order valence-corrected chi connectivity index (χ3v) is 3.53. The van der Waals surface area contributed by atoms with Crippen molar-refractivity contribution in [1.29, 1.82) is 0 Å². The molecule has 0 heterocycles. The van der Waals surface area contributed by atoms with E-state index in [4.69, 9.17) is 10.8 Å². The average molecular weight is 278 g/mol. The number of aromatic carboxylic acids is 1. The minimum Gasteiger partial charge on any atom is -0.478 e. The lowest BCUT2D eigenvalue weighted by Gasteiger charge is -2.35. The lowest BCUT2D eigenvalue weighted by Crippen LogP contribution is -2.37. The topological polar surface area (TPSA) is 66.6 Å². The van der Waals surface area contributed by atoms with Crippen molar-refractivity contribution in [2.24, 2.45) is 5.92 Å². The number of carboxylic acids is 1. The molecule has 0 atom stereocenters. The SMILES string of the molecule is CCC(CC)N(CC(C)C)c1ccc(C(=O)O)cc1N. The molecule has 0 fully saturated rings. The van der Waals surface area contributed by atoms with Crippen LogP contribution in [-0.2, 0) is 0 Å². The monoisotopic (exact) mass is 278 g/mol. The smallest absolute Gasteiger partial charge is 0.335 e. The van der Waals surface area contributed by atoms with Gasteiger partial charge in [0.1, 0.15) is 0 Å². The fourth-order valence-electron chi connectivity index (χ4n) is 2.52. The second-order valence-corrected chi connectivity index (χ2v) is 5.60. The molecule has 1 aromatic rings. The number of carbonyl (C=O) groups is 1. The summed E-state index contributed by atoms with van der Waals surface area (Å²) in [6.07, 6.45) is 2.09. The highest BCUT2D eigenvalue weighted by Gasteiger charge is 2.19. The van der Waals surface area contributed by atoms with Crippen LogP contribution in [0, 0.1) is 5.92 Å². The Bertz CT molecular complexity index is 454. The van der Waals surface area contributed by atoms with Crippen LogP contribution in [-0.4, -0.2) is 23.7 Å². The number of nitrogens with zero attached hydrogens (tertiary/aromatic N) is 1. The van der Waals surface area contributed by atoms with E-state index in [9.17, 15) is 4.79 Å². The number of carboxylic acid groups (broad SMARTS) is 1. The quantitative estimate of drug-likeness (QED) is 0.748. The van der Waals surface area contributed by atoms with E-state index in [1.165, 1.54) is 0 Å². The number of benzene rings is 1. The average Bonchev–Trinajstić information content (AvgIpc) is 2.38. The van der Waals surface area contributed by atoms with Crippen molar-refractivity contribution >= 4 is 17.3 Å². The van der Waals surface area contributed by atoms with Gasteiger partial charge in [0.05, 0.1) is 16.9 Å². The maximum atomic E-state index is 11.0. The Morgan fingerprint density at radius 3 is 2.30 bits per heavy atom. The Kier molecular flexibility index (Phi) is 5.86. The number of rotatable bonds is 7. The van der Waals surface area contributed by atoms with E-state index in [-0.39, 0.29) is 5.56 Å². The molecule has 4 heteroatoms. The van der Waals surface area contributed by atoms with Crippen LogP contribution in [0.15, 0.2) is 18.2 Å². The number of hydrogen-bond donors (Lipinski definition) is 2. The summed E-state index contributed by atoms with van der Waals surface area (Å²) in [6.45, 7) is 9.62. The van der Waals surface area contributed by atoms with E-state index < -0.39 is 5.97 Å². The first-order chi connectivity index (χ1) is 9.40. The summed E-state index contributed by atoms with van der Waals surface area (Å²) in [6, 6.07) is 5.44. The highest BCUT2D eigenvalue weighted by atomic mass is 16.4. The minimum absolute atomic E-state index is 0.236. The molecule has 0 aliphatic rings. The van der Waals surface area contributed by atoms with Crippen LogP contribution in [0.1, 0.15) is 50.9 Å². The second-order valence-electron chi connectivity index (χ2n) is 5.60. The molecule has 20 heavy (non-hydrogen) atoms. The van der Waals surface area contributed by atoms with Crippen LogP contribution >= 0.6 is 0 Å². The lowest BCUT2D eigenvalue weighted by molar-refractivity contribution is 0.0697. The lowest BCUT2D eigenvalue weighted by atomic mass is 10.0. The Morgan fingerprint density at radius 1 is 1.30 bits per heavy atom. The fourth-order valence-corrected chi connectivity index (χ4v) is 2.52. The number of nitrogens with two attached hydrogens (primary N) is 1. The van der Waals surface area contributed by atoms with Crippen molar-refractivity contribution < 1.29 is 9.90 Å². The second kappa shape index (κ2) is 7.17. The van der Waals surface area contributed by atoms with E-state index >= 15 is 0 Å². The predicted molar refractivity (Wildman–Crippen MR) is 84.4 cm³/mol. The zero-order valence-electron chi connectivity index (χ0n) is 12.9. The van der Waals surface area contributed by atoms with Crippen molar-refractivity contribution in [2.75, 3.05) is 17.2 Å². The van der Waals surface area contributed by atoms with Gasteiger partial charge < -0.3 is 15.7 Å². The number of anilines is 2. The van der Waals surface area contributed by atoms with Gasteiger partial charge in [-0.05, 0) is 37.0 Å². The largest absolute Gasteiger partial charge is 0.478 e. The Labute approximate surface area is 121 Å². The molecule has 0 aliphatic heterocycles. The number of hydrogen-bond acceptors (Lipinski definition) is 3. The minimum atomic E-state index is -0.943. The van der Waals surface area contributed by atoms with Crippen molar-refractivity contribution in [2.45, 2.75) is 46.6 Å². The van der Waals surface area contributed by atoms with Gasteiger partial charge in [0.15, 0.2) is 0 Å². The van der Waals surface area contributed by atoms with Crippen LogP contribution in [0.4, 0.5) is 11.4 Å². The molecular formula is C16H26N2O2. The van der Waals surface area contributed by atoms with Gasteiger partial charge in [-0.25, -0.2) is 4.79 Å². The van der Waals surface area contributed by atoms with Gasteiger partial charge in [-0.3, -0.25) is 0 Å². The van der Waals surface area contributed by atoms with Gasteiger partial charge in [-0.15, -0.1) is 0 Å². The van der Waals surface area contributed by atoms with Crippen molar-refractivity contribution in [3.05, 3.63) is 23.8 Å². The summed E-state index contributed by atoms with van der Waals surface area (Å²) in [5.41, 5.74) is 7.80. The zero-order chi connectivity index (χ0) is 15.3. The van der Waals surface area contributed by atoms with Gasteiger partial charge in [-0.2, -0.15) is 0 Å². The third-order valence-electron chi connectivity index (χ3n) is 3.53. The third kappa shape index (κ3) is 3.89. The van der Waals surface area contributed by atoms with Crippen LogP contribution in [0.2, 0.25) is 0 Å². The molecule has 3 N–H and O–H groups in total. The summed E-state index contributed by atoms with van der Waals surface area (Å²) in [5.74, 6) is -0.421. The molecule has 0 saturated carbocycles. The zero-order valence-corrected chi connectivity index (χ0v) is 12.9. The van der Waals surface area contributed by atoms with Gasteiger partial charge in [-0.1, -0.05) is 27.7 Å². The van der Waals surface area contributed by atoms with E-state index in [0.717, 1.165) is 25.1 Å². The Balaban J connectivity index is 3.16. The maximum absolute atomic E-state index is 11.0. The molecule has 1 rings (SSSR count). The van der Waals surface area contributed by atoms with Crippen molar-refractivity contribution in [3.8, 4) is 0 Å².